The van der Waals surface area contributed by atoms with Gasteiger partial charge in [0.25, 0.3) is 0 Å². The molecule has 0 spiro atoms. The lowest BCUT2D eigenvalue weighted by Gasteiger charge is -1.91. The Bertz CT molecular complexity index is 398. The zero-order valence-corrected chi connectivity index (χ0v) is 6.15. The number of halogens is 1. The van der Waals surface area contributed by atoms with Crippen molar-refractivity contribution in [3.8, 4) is 5.88 Å². The molecule has 11 heavy (non-hydrogen) atoms. The van der Waals surface area contributed by atoms with Crippen LogP contribution in [0.3, 0.4) is 0 Å². The van der Waals surface area contributed by atoms with Crippen LogP contribution in [0.2, 0.25) is 5.02 Å². The number of hydrogen-bond donors (Lipinski definition) is 1. The highest BCUT2D eigenvalue weighted by Gasteiger charge is 2.01. The van der Waals surface area contributed by atoms with Crippen LogP contribution in [0, 0.1) is 0 Å². The summed E-state index contributed by atoms with van der Waals surface area (Å²) >= 11 is 5.69. The lowest BCUT2D eigenvalue weighted by atomic mass is 10.6. The van der Waals surface area contributed by atoms with E-state index in [1.165, 1.54) is 16.8 Å². The molecule has 0 unspecified atom stereocenters. The fourth-order valence-corrected chi connectivity index (χ4v) is 1.00. The Morgan fingerprint density at radius 3 is 3.18 bits per heavy atom. The van der Waals surface area contributed by atoms with E-state index in [0.717, 1.165) is 0 Å². The van der Waals surface area contributed by atoms with Crippen LogP contribution in [0.4, 0.5) is 0 Å². The predicted octanol–water partition coefficient (Wildman–Crippen LogP) is 1.09. The SMILES string of the molecule is Oc1ccn2ncc(Cl)c2n1. The minimum atomic E-state index is -0.0556. The predicted molar refractivity (Wildman–Crippen MR) is 39.7 cm³/mol. The van der Waals surface area contributed by atoms with Gasteiger partial charge in [-0.15, -0.1) is 0 Å². The lowest BCUT2D eigenvalue weighted by molar-refractivity contribution is 0.453. The number of aromatic nitrogens is 3. The first-order valence-electron chi connectivity index (χ1n) is 2.96. The number of nitrogens with zero attached hydrogens (tertiary/aromatic N) is 3. The molecular weight excluding hydrogens is 166 g/mol. The summed E-state index contributed by atoms with van der Waals surface area (Å²) in [4.78, 5) is 3.76. The van der Waals surface area contributed by atoms with Crippen molar-refractivity contribution in [1.82, 2.24) is 14.6 Å². The molecule has 0 amide bonds. The van der Waals surface area contributed by atoms with Gasteiger partial charge in [-0.25, -0.2) is 4.52 Å². The van der Waals surface area contributed by atoms with Gasteiger partial charge in [0.2, 0.25) is 5.88 Å². The highest BCUT2D eigenvalue weighted by atomic mass is 35.5. The summed E-state index contributed by atoms with van der Waals surface area (Å²) in [5, 5.41) is 13.3. The summed E-state index contributed by atoms with van der Waals surface area (Å²) in [5.41, 5.74) is 0.465. The van der Waals surface area contributed by atoms with Gasteiger partial charge >= 0.3 is 0 Å². The molecule has 2 rings (SSSR count). The van der Waals surface area contributed by atoms with Gasteiger partial charge in [0.1, 0.15) is 5.02 Å². The molecular formula is C6H4ClN3O. The summed E-state index contributed by atoms with van der Waals surface area (Å²) in [7, 11) is 0. The number of rotatable bonds is 0. The van der Waals surface area contributed by atoms with Gasteiger partial charge in [0, 0.05) is 12.3 Å². The van der Waals surface area contributed by atoms with Crippen LogP contribution in [0.1, 0.15) is 0 Å². The molecule has 4 nitrogen and oxygen atoms in total. The Kier molecular flexibility index (Phi) is 1.22. The van der Waals surface area contributed by atoms with E-state index in [0.29, 0.717) is 10.7 Å². The second-order valence-electron chi connectivity index (χ2n) is 2.05. The van der Waals surface area contributed by atoms with Gasteiger partial charge in [-0.1, -0.05) is 11.6 Å². The molecule has 5 heteroatoms. The number of hydrogen-bond acceptors (Lipinski definition) is 3. The summed E-state index contributed by atoms with van der Waals surface area (Å²) < 4.78 is 1.49. The molecule has 0 saturated carbocycles. The zero-order valence-electron chi connectivity index (χ0n) is 5.40. The van der Waals surface area contributed by atoms with Crippen molar-refractivity contribution in [2.75, 3.05) is 0 Å². The van der Waals surface area contributed by atoms with E-state index in [4.69, 9.17) is 16.7 Å². The van der Waals surface area contributed by atoms with Crippen LogP contribution in [-0.2, 0) is 0 Å². The molecule has 0 aliphatic heterocycles. The van der Waals surface area contributed by atoms with E-state index in [-0.39, 0.29) is 5.88 Å². The van der Waals surface area contributed by atoms with E-state index in [2.05, 4.69) is 10.1 Å². The molecule has 2 aromatic heterocycles. The Labute approximate surface area is 67.1 Å². The summed E-state index contributed by atoms with van der Waals surface area (Å²) in [6.07, 6.45) is 3.06. The van der Waals surface area contributed by atoms with Crippen molar-refractivity contribution in [3.63, 3.8) is 0 Å². The van der Waals surface area contributed by atoms with Crippen LogP contribution in [0.5, 0.6) is 5.88 Å². The van der Waals surface area contributed by atoms with Crippen LogP contribution < -0.4 is 0 Å². The maximum atomic E-state index is 8.96. The van der Waals surface area contributed by atoms with Gasteiger partial charge in [-0.3, -0.25) is 0 Å². The maximum absolute atomic E-state index is 8.96. The van der Waals surface area contributed by atoms with Crippen LogP contribution in [0.15, 0.2) is 18.5 Å². The van der Waals surface area contributed by atoms with E-state index < -0.39 is 0 Å². The average Bonchev–Trinajstić information content (AvgIpc) is 2.33. The summed E-state index contributed by atoms with van der Waals surface area (Å²) in [6.45, 7) is 0. The first-order chi connectivity index (χ1) is 5.27. The Morgan fingerprint density at radius 2 is 2.36 bits per heavy atom. The maximum Gasteiger partial charge on any atom is 0.214 e. The summed E-state index contributed by atoms with van der Waals surface area (Å²) in [6, 6.07) is 1.44. The third kappa shape index (κ3) is 0.914. The van der Waals surface area contributed by atoms with Crippen molar-refractivity contribution >= 4 is 17.2 Å². The zero-order chi connectivity index (χ0) is 7.84. The largest absolute Gasteiger partial charge is 0.493 e. The van der Waals surface area contributed by atoms with Crippen molar-refractivity contribution in [2.45, 2.75) is 0 Å². The van der Waals surface area contributed by atoms with Gasteiger partial charge in [0.15, 0.2) is 5.65 Å². The molecule has 2 heterocycles. The number of aromatic hydroxyl groups is 1. The normalized spacial score (nSPS) is 10.6. The average molecular weight is 170 g/mol. The Hall–Kier alpha value is -1.29. The van der Waals surface area contributed by atoms with E-state index in [9.17, 15) is 0 Å². The second kappa shape index (κ2) is 2.10. The van der Waals surface area contributed by atoms with Crippen molar-refractivity contribution < 1.29 is 5.11 Å². The Balaban J connectivity index is 2.87. The highest BCUT2D eigenvalue weighted by molar-refractivity contribution is 6.33. The monoisotopic (exact) mass is 169 g/mol. The fraction of sp³-hybridized carbons (Fsp3) is 0. The molecule has 0 aromatic carbocycles. The number of fused-ring (bicyclic) bond motifs is 1. The third-order valence-electron chi connectivity index (χ3n) is 1.31. The molecule has 1 N–H and O–H groups in total. The molecule has 0 atom stereocenters. The molecule has 0 aliphatic rings. The van der Waals surface area contributed by atoms with Gasteiger partial charge in [0.05, 0.1) is 6.20 Å². The smallest absolute Gasteiger partial charge is 0.214 e. The molecule has 2 aromatic rings. The molecule has 0 saturated heterocycles. The van der Waals surface area contributed by atoms with E-state index in [1.54, 1.807) is 6.20 Å². The first-order valence-corrected chi connectivity index (χ1v) is 3.34. The first kappa shape index (κ1) is 6.42. The van der Waals surface area contributed by atoms with Crippen molar-refractivity contribution in [1.29, 1.82) is 0 Å². The van der Waals surface area contributed by atoms with Crippen molar-refractivity contribution in [2.24, 2.45) is 0 Å². The molecule has 56 valence electrons. The molecule has 0 radical (unpaired) electrons. The van der Waals surface area contributed by atoms with Crippen molar-refractivity contribution in [3.05, 3.63) is 23.5 Å². The lowest BCUT2D eigenvalue weighted by Crippen LogP contribution is -1.87. The minimum absolute atomic E-state index is 0.0556. The third-order valence-corrected chi connectivity index (χ3v) is 1.58. The fourth-order valence-electron chi connectivity index (χ4n) is 0.832. The van der Waals surface area contributed by atoms with E-state index in [1.807, 2.05) is 0 Å². The van der Waals surface area contributed by atoms with Gasteiger partial charge in [-0.05, 0) is 0 Å². The van der Waals surface area contributed by atoms with Gasteiger partial charge in [-0.2, -0.15) is 10.1 Å². The van der Waals surface area contributed by atoms with Gasteiger partial charge < -0.3 is 5.11 Å². The minimum Gasteiger partial charge on any atom is -0.493 e. The van der Waals surface area contributed by atoms with Crippen LogP contribution in [0.25, 0.3) is 5.65 Å². The summed E-state index contributed by atoms with van der Waals surface area (Å²) in [5.74, 6) is -0.0556. The standard InChI is InChI=1S/C6H4ClN3O/c7-4-3-8-10-2-1-5(11)9-6(4)10/h1-3H,(H,9,11). The second-order valence-corrected chi connectivity index (χ2v) is 2.45. The highest BCUT2D eigenvalue weighted by Crippen LogP contribution is 2.15. The van der Waals surface area contributed by atoms with E-state index >= 15 is 0 Å². The topological polar surface area (TPSA) is 50.4 Å². The molecule has 0 fully saturated rings. The van der Waals surface area contributed by atoms with Crippen LogP contribution in [-0.4, -0.2) is 19.7 Å². The molecule has 0 aliphatic carbocycles. The Morgan fingerprint density at radius 1 is 1.55 bits per heavy atom. The van der Waals surface area contributed by atoms with Crippen LogP contribution >= 0.6 is 11.6 Å². The molecule has 0 bridgehead atoms. The quantitative estimate of drug-likeness (QED) is 0.642.